The number of rotatable bonds is 9. The molecule has 0 spiro atoms. The van der Waals surface area contributed by atoms with Crippen molar-refractivity contribution < 1.29 is 61.9 Å². The van der Waals surface area contributed by atoms with Gasteiger partial charge in [0.1, 0.15) is 29.4 Å². The molecule has 0 saturated carbocycles. The molecule has 4 bridgehead atoms. The number of fused-ring (bicyclic) bond motifs is 4. The molecule has 3 saturated heterocycles. The second-order valence-corrected chi connectivity index (χ2v) is 10.2. The molecular weight excluding hydrogens is 846 g/mol. The second kappa shape index (κ2) is 22.9. The molecule has 6 unspecified atom stereocenters. The number of esters is 1. The van der Waals surface area contributed by atoms with Crippen molar-refractivity contribution in [1.29, 1.82) is 0 Å². The third-order valence-electron chi connectivity index (χ3n) is 7.68. The van der Waals surface area contributed by atoms with Gasteiger partial charge in [0.25, 0.3) is 0 Å². The molecule has 0 radical (unpaired) electrons. The highest BCUT2D eigenvalue weighted by atomic mass is 128. The second-order valence-electron chi connectivity index (χ2n) is 10.2. The van der Waals surface area contributed by atoms with E-state index in [1.165, 1.54) is 6.26 Å². The number of aliphatic hydroxyl groups excluding tert-OH is 1. The van der Waals surface area contributed by atoms with Gasteiger partial charge in [0.2, 0.25) is 0 Å². The standard InChI is InChI=1S/2C11H16O4.C5H4O2.C3H4O2.CH4O.CH4.I2/c2*1-7(12)9-6-8-4-5-11(9,15-8)10(13-2)14-3;6-4-5-2-1-3-7-5;4-3-1-2-5-3;1-2;;1-2/h2*4-5,8-10H,6H2,1-3H3;1-4H;1-2H2;2H,1H3;1H4;. The third-order valence-corrected chi connectivity index (χ3v) is 7.68. The van der Waals surface area contributed by atoms with Gasteiger partial charge in [-0.2, -0.15) is 0 Å². The lowest BCUT2D eigenvalue weighted by atomic mass is 9.80. The van der Waals surface area contributed by atoms with Crippen molar-refractivity contribution in [3.8, 4) is 0 Å². The summed E-state index contributed by atoms with van der Waals surface area (Å²) in [6.45, 7) is 3.82. The van der Waals surface area contributed by atoms with Crippen molar-refractivity contribution in [2.45, 2.75) is 76.5 Å². The number of hydrogen-bond acceptors (Lipinski definition) is 13. The lowest BCUT2D eigenvalue weighted by molar-refractivity contribution is -0.210. The number of Topliss-reactive ketones (excluding diaryl/α,β-unsaturated/α-hetero) is 2. The van der Waals surface area contributed by atoms with Gasteiger partial charge in [-0.05, 0) is 51.0 Å². The van der Waals surface area contributed by atoms with E-state index < -0.39 is 23.8 Å². The van der Waals surface area contributed by atoms with Gasteiger partial charge in [0.15, 0.2) is 24.6 Å². The van der Waals surface area contributed by atoms with Gasteiger partial charge in [0.05, 0.1) is 36.7 Å². The molecule has 15 heteroatoms. The van der Waals surface area contributed by atoms with E-state index in [0.29, 0.717) is 25.1 Å². The number of furan rings is 1. The SMILES string of the molecule is C.CO.COC(OC)C12C=CC(CC1C(C)=O)O2.COC(OC)C12C=CC(CC1C(C)=O)O2.II.O=C1CCO1.O=Cc1ccco1. The number of halogens is 2. The van der Waals surface area contributed by atoms with Crippen LogP contribution < -0.4 is 0 Å². The highest BCUT2D eigenvalue weighted by Gasteiger charge is 2.58. The molecule has 5 aliphatic rings. The third kappa shape index (κ3) is 11.5. The number of carbonyl (C=O) groups excluding carboxylic acids is 4. The van der Waals surface area contributed by atoms with Crippen molar-refractivity contribution in [3.05, 3.63) is 48.5 Å². The highest BCUT2D eigenvalue weighted by molar-refractivity contribution is 15.0. The van der Waals surface area contributed by atoms with E-state index in [-0.39, 0.29) is 49.0 Å². The van der Waals surface area contributed by atoms with E-state index in [1.54, 1.807) is 54.4 Å². The summed E-state index contributed by atoms with van der Waals surface area (Å²) in [6.07, 6.45) is 11.0. The molecule has 13 nitrogen and oxygen atoms in total. The summed E-state index contributed by atoms with van der Waals surface area (Å²) in [5, 5.41) is 7.00. The van der Waals surface area contributed by atoms with E-state index in [0.717, 1.165) is 20.0 Å². The molecule has 268 valence electrons. The van der Waals surface area contributed by atoms with Crippen LogP contribution in [0.25, 0.3) is 0 Å². The Morgan fingerprint density at radius 1 is 0.894 bits per heavy atom. The Morgan fingerprint density at radius 2 is 1.28 bits per heavy atom. The maximum absolute atomic E-state index is 11.6. The Balaban J connectivity index is 0.000000616. The number of carbonyl (C=O) groups is 4. The summed E-state index contributed by atoms with van der Waals surface area (Å²) >= 11 is 4.24. The molecule has 6 heterocycles. The fourth-order valence-electron chi connectivity index (χ4n) is 5.72. The minimum atomic E-state index is -0.708. The minimum absolute atomic E-state index is 0. The average Bonchev–Trinajstić information content (AvgIpc) is 3.91. The molecule has 6 atom stereocenters. The number of aliphatic hydroxyl groups is 1. The van der Waals surface area contributed by atoms with Crippen LogP contribution in [0.1, 0.15) is 51.1 Å². The molecule has 0 aromatic carbocycles. The number of hydrogen-bond donors (Lipinski definition) is 1. The molecule has 5 aliphatic heterocycles. The van der Waals surface area contributed by atoms with Crippen LogP contribution in [0, 0.1) is 11.8 Å². The first kappa shape index (κ1) is 45.4. The van der Waals surface area contributed by atoms with Crippen LogP contribution in [0.2, 0.25) is 0 Å². The van der Waals surface area contributed by atoms with E-state index >= 15 is 0 Å². The zero-order chi connectivity index (χ0) is 34.9. The number of methoxy groups -OCH3 is 4. The summed E-state index contributed by atoms with van der Waals surface area (Å²) < 4.78 is 41.4. The first-order valence-electron chi connectivity index (χ1n) is 14.2. The first-order chi connectivity index (χ1) is 22.1. The van der Waals surface area contributed by atoms with Gasteiger partial charge < -0.3 is 42.7 Å². The predicted molar refractivity (Wildman–Crippen MR) is 189 cm³/mol. The maximum Gasteiger partial charge on any atom is 0.309 e. The quantitative estimate of drug-likeness (QED) is 0.118. The number of aldehydes is 1. The summed E-state index contributed by atoms with van der Waals surface area (Å²) in [5.41, 5.74) is -1.42. The normalized spacial score (nSPS) is 27.9. The fourth-order valence-corrected chi connectivity index (χ4v) is 5.72. The Labute approximate surface area is 300 Å². The molecule has 3 fully saturated rings. The zero-order valence-corrected chi connectivity index (χ0v) is 31.3. The van der Waals surface area contributed by atoms with E-state index in [9.17, 15) is 19.2 Å². The van der Waals surface area contributed by atoms with E-state index in [2.05, 4.69) is 46.4 Å². The van der Waals surface area contributed by atoms with Crippen LogP contribution in [-0.4, -0.2) is 107 Å². The van der Waals surface area contributed by atoms with Gasteiger partial charge in [-0.25, -0.2) is 0 Å². The summed E-state index contributed by atoms with van der Waals surface area (Å²) in [6, 6.07) is 3.27. The topological polar surface area (TPSA) is 166 Å². The molecule has 1 aromatic heterocycles. The summed E-state index contributed by atoms with van der Waals surface area (Å²) in [5.74, 6) is 0.252. The molecule has 47 heavy (non-hydrogen) atoms. The molecule has 1 aromatic rings. The first-order valence-corrected chi connectivity index (χ1v) is 20.5. The van der Waals surface area contributed by atoms with Crippen LogP contribution in [0.4, 0.5) is 0 Å². The molecule has 0 amide bonds. The summed E-state index contributed by atoms with van der Waals surface area (Å²) in [7, 11) is 7.23. The van der Waals surface area contributed by atoms with Gasteiger partial charge in [-0.15, -0.1) is 0 Å². The maximum atomic E-state index is 11.6. The highest BCUT2D eigenvalue weighted by Crippen LogP contribution is 2.47. The van der Waals surface area contributed by atoms with Crippen molar-refractivity contribution in [3.63, 3.8) is 0 Å². The monoisotopic (exact) mass is 894 g/mol. The van der Waals surface area contributed by atoms with Crippen molar-refractivity contribution in [1.82, 2.24) is 0 Å². The van der Waals surface area contributed by atoms with Crippen LogP contribution >= 0.6 is 37.2 Å². The number of cyclic esters (lactones) is 1. The Kier molecular flexibility index (Phi) is 22.2. The van der Waals surface area contributed by atoms with E-state index in [4.69, 9.17) is 33.5 Å². The smallest absolute Gasteiger partial charge is 0.309 e. The molecular formula is C32H48I2O13. The predicted octanol–water partition coefficient (Wildman–Crippen LogP) is 4.86. The Morgan fingerprint density at radius 3 is 1.47 bits per heavy atom. The molecule has 0 aliphatic carbocycles. The largest absolute Gasteiger partial charge is 0.465 e. The minimum Gasteiger partial charge on any atom is -0.465 e. The van der Waals surface area contributed by atoms with Gasteiger partial charge in [-0.1, -0.05) is 19.6 Å². The summed E-state index contributed by atoms with van der Waals surface area (Å²) in [4.78, 5) is 42.6. The van der Waals surface area contributed by atoms with Crippen molar-refractivity contribution in [2.75, 3.05) is 42.2 Å². The lowest BCUT2D eigenvalue weighted by Gasteiger charge is -2.34. The van der Waals surface area contributed by atoms with Crippen molar-refractivity contribution in [2.24, 2.45) is 11.8 Å². The zero-order valence-electron chi connectivity index (χ0n) is 27.0. The van der Waals surface area contributed by atoms with E-state index in [1.807, 2.05) is 24.3 Å². The molecule has 1 N–H and O–H groups in total. The Bertz CT molecular complexity index is 1070. The van der Waals surface area contributed by atoms with Gasteiger partial charge >= 0.3 is 5.97 Å². The fraction of sp³-hybridized carbons (Fsp3) is 0.625. The van der Waals surface area contributed by atoms with Crippen LogP contribution in [0.5, 0.6) is 0 Å². The van der Waals surface area contributed by atoms with Gasteiger partial charge in [-0.3, -0.25) is 19.2 Å². The van der Waals surface area contributed by atoms with Crippen LogP contribution in [0.15, 0.2) is 47.1 Å². The van der Waals surface area contributed by atoms with Crippen LogP contribution in [0.3, 0.4) is 0 Å². The van der Waals surface area contributed by atoms with Gasteiger partial charge in [0, 0.05) is 72.8 Å². The lowest BCUT2D eigenvalue weighted by Crippen LogP contribution is -2.49. The number of ketones is 2. The molecule has 6 rings (SSSR count). The van der Waals surface area contributed by atoms with Crippen LogP contribution in [-0.2, 0) is 47.5 Å². The average molecular weight is 895 g/mol. The Hall–Kier alpha value is -1.58. The van der Waals surface area contributed by atoms with Crippen molar-refractivity contribution >= 4 is 61.1 Å². The number of ether oxygens (including phenoxy) is 7.